The summed E-state index contributed by atoms with van der Waals surface area (Å²) < 4.78 is 28.9. The molecule has 0 heterocycles. The SMILES string of the molecule is CCCCNC(=O)[C@H](CC)N(Cc1cccc(C)c1)C(=O)CN(c1cc(Cl)cc(Cl)c1)S(=O)(=O)c1ccc(C)cc1. The minimum Gasteiger partial charge on any atom is -0.354 e. The molecule has 3 rings (SSSR count). The van der Waals surface area contributed by atoms with Crippen molar-refractivity contribution < 1.29 is 18.0 Å². The molecule has 0 saturated heterocycles. The maximum absolute atomic E-state index is 14.1. The number of nitrogens with one attached hydrogen (secondary N) is 1. The van der Waals surface area contributed by atoms with E-state index in [2.05, 4.69) is 5.32 Å². The molecule has 7 nitrogen and oxygen atoms in total. The predicted molar refractivity (Wildman–Crippen MR) is 166 cm³/mol. The van der Waals surface area contributed by atoms with E-state index in [4.69, 9.17) is 23.2 Å². The van der Waals surface area contributed by atoms with Gasteiger partial charge in [-0.3, -0.25) is 13.9 Å². The van der Waals surface area contributed by atoms with Crippen LogP contribution >= 0.6 is 23.2 Å². The van der Waals surface area contributed by atoms with Gasteiger partial charge in [-0.1, -0.05) is 91.0 Å². The lowest BCUT2D eigenvalue weighted by Crippen LogP contribution is -2.52. The average Bonchev–Trinajstić information content (AvgIpc) is 2.91. The number of unbranched alkanes of at least 4 members (excludes halogenated alkanes) is 1. The van der Waals surface area contributed by atoms with Crippen molar-refractivity contribution in [3.05, 3.63) is 93.5 Å². The number of hydrogen-bond acceptors (Lipinski definition) is 4. The van der Waals surface area contributed by atoms with Crippen molar-refractivity contribution in [2.75, 3.05) is 17.4 Å². The zero-order valence-corrected chi connectivity index (χ0v) is 26.2. The molecule has 0 radical (unpaired) electrons. The number of aryl methyl sites for hydroxylation is 2. The minimum atomic E-state index is -4.21. The molecule has 0 unspecified atom stereocenters. The summed E-state index contributed by atoms with van der Waals surface area (Å²) in [5.41, 5.74) is 2.87. The van der Waals surface area contributed by atoms with Gasteiger partial charge in [-0.05, 0) is 62.6 Å². The van der Waals surface area contributed by atoms with Gasteiger partial charge >= 0.3 is 0 Å². The van der Waals surface area contributed by atoms with E-state index in [0.717, 1.165) is 33.8 Å². The average molecular weight is 619 g/mol. The Hall–Kier alpha value is -3.07. The fourth-order valence-electron chi connectivity index (χ4n) is 4.48. The van der Waals surface area contributed by atoms with Crippen LogP contribution in [0.25, 0.3) is 0 Å². The highest BCUT2D eigenvalue weighted by Gasteiger charge is 2.34. The third kappa shape index (κ3) is 8.71. The van der Waals surface area contributed by atoms with Crippen molar-refractivity contribution in [2.24, 2.45) is 0 Å². The number of amides is 2. The van der Waals surface area contributed by atoms with Crippen molar-refractivity contribution in [1.29, 1.82) is 0 Å². The molecule has 220 valence electrons. The van der Waals surface area contributed by atoms with Crippen LogP contribution in [0.15, 0.2) is 71.6 Å². The van der Waals surface area contributed by atoms with Crippen molar-refractivity contribution in [2.45, 2.75) is 64.4 Å². The van der Waals surface area contributed by atoms with Crippen LogP contribution in [0.3, 0.4) is 0 Å². The predicted octanol–water partition coefficient (Wildman–Crippen LogP) is 6.53. The van der Waals surface area contributed by atoms with Gasteiger partial charge in [0.2, 0.25) is 11.8 Å². The van der Waals surface area contributed by atoms with Gasteiger partial charge in [-0.2, -0.15) is 0 Å². The number of carbonyl (C=O) groups is 2. The molecule has 41 heavy (non-hydrogen) atoms. The van der Waals surface area contributed by atoms with E-state index in [0.29, 0.717) is 13.0 Å². The zero-order chi connectivity index (χ0) is 30.2. The molecular formula is C31H37Cl2N3O4S. The summed E-state index contributed by atoms with van der Waals surface area (Å²) in [4.78, 5) is 28.9. The quantitative estimate of drug-likeness (QED) is 0.221. The van der Waals surface area contributed by atoms with E-state index in [1.165, 1.54) is 35.2 Å². The van der Waals surface area contributed by atoms with E-state index in [9.17, 15) is 18.0 Å². The largest absolute Gasteiger partial charge is 0.354 e. The number of halogens is 2. The van der Waals surface area contributed by atoms with Crippen molar-refractivity contribution in [3.8, 4) is 0 Å². The second-order valence-electron chi connectivity index (χ2n) is 10.0. The van der Waals surface area contributed by atoms with Crippen molar-refractivity contribution >= 4 is 50.7 Å². The monoisotopic (exact) mass is 617 g/mol. The van der Waals surface area contributed by atoms with Crippen LogP contribution in [0.2, 0.25) is 10.0 Å². The molecule has 0 bridgehead atoms. The van der Waals surface area contributed by atoms with Gasteiger partial charge in [0.1, 0.15) is 12.6 Å². The number of nitrogens with zero attached hydrogens (tertiary/aromatic N) is 2. The molecule has 0 aliphatic rings. The summed E-state index contributed by atoms with van der Waals surface area (Å²) in [5.74, 6) is -0.809. The fourth-order valence-corrected chi connectivity index (χ4v) is 6.39. The number of carbonyl (C=O) groups excluding carboxylic acids is 2. The molecule has 10 heteroatoms. The maximum Gasteiger partial charge on any atom is 0.264 e. The molecule has 2 amide bonds. The standard InChI is InChI=1S/C31H37Cl2N3O4S/c1-5-7-15-34-31(38)29(6-2)35(20-24-10-8-9-23(4)16-24)30(37)21-36(27-18-25(32)17-26(33)19-27)41(39,40)28-13-11-22(3)12-14-28/h8-14,16-19,29H,5-7,15,20-21H2,1-4H3,(H,34,38)/t29-/m0/s1. The molecule has 1 atom stereocenters. The lowest BCUT2D eigenvalue weighted by Gasteiger charge is -2.33. The van der Waals surface area contributed by atoms with Crippen molar-refractivity contribution in [3.63, 3.8) is 0 Å². The molecule has 0 aromatic heterocycles. The highest BCUT2D eigenvalue weighted by molar-refractivity contribution is 7.92. The molecule has 3 aromatic rings. The second-order valence-corrected chi connectivity index (χ2v) is 12.8. The first kappa shape index (κ1) is 32.4. The van der Waals surface area contributed by atoms with Crippen LogP contribution in [0.5, 0.6) is 0 Å². The van der Waals surface area contributed by atoms with Gasteiger partial charge in [0.25, 0.3) is 10.0 Å². The number of sulfonamides is 1. The van der Waals surface area contributed by atoms with E-state index >= 15 is 0 Å². The van der Waals surface area contributed by atoms with E-state index < -0.39 is 28.5 Å². The van der Waals surface area contributed by atoms with Crippen LogP contribution in [0.4, 0.5) is 5.69 Å². The van der Waals surface area contributed by atoms with Gasteiger partial charge in [0.05, 0.1) is 10.6 Å². The Labute approximate surface area is 253 Å². The van der Waals surface area contributed by atoms with E-state index in [1.807, 2.05) is 52.0 Å². The lowest BCUT2D eigenvalue weighted by molar-refractivity contribution is -0.140. The van der Waals surface area contributed by atoms with Crippen LogP contribution in [0.1, 0.15) is 49.8 Å². The Morgan fingerprint density at radius 2 is 1.56 bits per heavy atom. The van der Waals surface area contributed by atoms with Crippen molar-refractivity contribution in [1.82, 2.24) is 10.2 Å². The Morgan fingerprint density at radius 1 is 0.902 bits per heavy atom. The number of benzene rings is 3. The van der Waals surface area contributed by atoms with E-state index in [1.54, 1.807) is 12.1 Å². The van der Waals surface area contributed by atoms with Gasteiger partial charge in [0, 0.05) is 23.1 Å². The third-order valence-electron chi connectivity index (χ3n) is 6.67. The summed E-state index contributed by atoms with van der Waals surface area (Å²) in [6.45, 7) is 7.73. The number of hydrogen-bond donors (Lipinski definition) is 1. The molecule has 3 aromatic carbocycles. The normalized spacial score (nSPS) is 12.0. The topological polar surface area (TPSA) is 86.8 Å². The molecule has 0 spiro atoms. The Kier molecular flexibility index (Phi) is 11.6. The smallest absolute Gasteiger partial charge is 0.264 e. The van der Waals surface area contributed by atoms with Crippen LogP contribution < -0.4 is 9.62 Å². The Balaban J connectivity index is 2.07. The first-order valence-electron chi connectivity index (χ1n) is 13.6. The van der Waals surface area contributed by atoms with Gasteiger partial charge in [-0.15, -0.1) is 0 Å². The molecular weight excluding hydrogens is 581 g/mol. The number of anilines is 1. The number of rotatable bonds is 13. The van der Waals surface area contributed by atoms with Crippen LogP contribution in [-0.2, 0) is 26.2 Å². The summed E-state index contributed by atoms with van der Waals surface area (Å²) in [7, 11) is -4.21. The van der Waals surface area contributed by atoms with Crippen LogP contribution in [-0.4, -0.2) is 44.3 Å². The summed E-state index contributed by atoms with van der Waals surface area (Å²) in [5, 5.41) is 3.38. The zero-order valence-electron chi connectivity index (χ0n) is 23.9. The fraction of sp³-hybridized carbons (Fsp3) is 0.355. The molecule has 1 N–H and O–H groups in total. The molecule has 0 saturated carbocycles. The van der Waals surface area contributed by atoms with Gasteiger partial charge in [-0.25, -0.2) is 8.42 Å². The second kappa shape index (κ2) is 14.7. The molecule has 0 aliphatic heterocycles. The minimum absolute atomic E-state index is 0.0154. The third-order valence-corrected chi connectivity index (χ3v) is 8.90. The van der Waals surface area contributed by atoms with Crippen LogP contribution in [0, 0.1) is 13.8 Å². The Bertz CT molecular complexity index is 1440. The Morgan fingerprint density at radius 3 is 2.15 bits per heavy atom. The summed E-state index contributed by atoms with van der Waals surface area (Å²) in [6.07, 6.45) is 2.08. The first-order chi connectivity index (χ1) is 19.5. The van der Waals surface area contributed by atoms with Gasteiger partial charge in [0.15, 0.2) is 0 Å². The molecule has 0 aliphatic carbocycles. The summed E-state index contributed by atoms with van der Waals surface area (Å²) in [6, 6.07) is 17.6. The maximum atomic E-state index is 14.1. The lowest BCUT2D eigenvalue weighted by atomic mass is 10.1. The van der Waals surface area contributed by atoms with Gasteiger partial charge < -0.3 is 10.2 Å². The summed E-state index contributed by atoms with van der Waals surface area (Å²) >= 11 is 12.5. The highest BCUT2D eigenvalue weighted by atomic mass is 35.5. The highest BCUT2D eigenvalue weighted by Crippen LogP contribution is 2.30. The van der Waals surface area contributed by atoms with E-state index in [-0.39, 0.29) is 33.1 Å². The molecule has 0 fully saturated rings. The first-order valence-corrected chi connectivity index (χ1v) is 15.8.